The van der Waals surface area contributed by atoms with Gasteiger partial charge in [0.25, 0.3) is 0 Å². The maximum Gasteiger partial charge on any atom is 0.124 e. The summed E-state index contributed by atoms with van der Waals surface area (Å²) >= 11 is 0. The molecule has 0 saturated heterocycles. The van der Waals surface area contributed by atoms with Crippen molar-refractivity contribution in [3.8, 4) is 5.75 Å². The number of nitrogens with one attached hydrogen (secondary N) is 1. The average Bonchev–Trinajstić information content (AvgIpc) is 2.45. The number of hydrogen-bond acceptors (Lipinski definition) is 3. The number of hydrogen-bond donors (Lipinski definition) is 1. The van der Waals surface area contributed by atoms with Gasteiger partial charge in [0.15, 0.2) is 0 Å². The average molecular weight is 282 g/mol. The first kappa shape index (κ1) is 14.1. The molecule has 3 rings (SSSR count). The molecule has 2 aromatic rings. The van der Waals surface area contributed by atoms with E-state index in [0.717, 1.165) is 24.4 Å². The lowest BCUT2D eigenvalue weighted by Crippen LogP contribution is -2.39. The van der Waals surface area contributed by atoms with Gasteiger partial charge in [-0.05, 0) is 38.5 Å². The fourth-order valence-electron chi connectivity index (χ4n) is 2.83. The molecule has 2 heterocycles. The molecule has 1 aliphatic rings. The number of fused-ring (bicyclic) bond motifs is 1. The van der Waals surface area contributed by atoms with Crippen LogP contribution in [-0.4, -0.2) is 10.6 Å². The number of pyridine rings is 1. The van der Waals surface area contributed by atoms with Crippen LogP contribution in [0.1, 0.15) is 43.1 Å². The van der Waals surface area contributed by atoms with E-state index in [1.54, 1.807) is 0 Å². The Hall–Kier alpha value is -1.87. The highest BCUT2D eigenvalue weighted by Crippen LogP contribution is 2.39. The summed E-state index contributed by atoms with van der Waals surface area (Å²) in [5.41, 5.74) is 3.37. The molecule has 1 aromatic carbocycles. The fourth-order valence-corrected chi connectivity index (χ4v) is 2.83. The van der Waals surface area contributed by atoms with Crippen molar-refractivity contribution in [2.45, 2.75) is 45.4 Å². The molecule has 0 saturated carbocycles. The van der Waals surface area contributed by atoms with Gasteiger partial charge in [-0.25, -0.2) is 0 Å². The molecule has 3 heteroatoms. The Morgan fingerprint density at radius 3 is 2.81 bits per heavy atom. The molecule has 0 fully saturated rings. The zero-order chi connectivity index (χ0) is 14.9. The Labute approximate surface area is 126 Å². The third kappa shape index (κ3) is 3.24. The predicted molar refractivity (Wildman–Crippen MR) is 84.3 cm³/mol. The van der Waals surface area contributed by atoms with Gasteiger partial charge in [-0.15, -0.1) is 0 Å². The summed E-state index contributed by atoms with van der Waals surface area (Å²) in [4.78, 5) is 4.35. The Balaban J connectivity index is 1.77. The quantitative estimate of drug-likeness (QED) is 0.930. The second-order valence-corrected chi connectivity index (χ2v) is 6.35. The number of nitrogens with zero attached hydrogens (tertiary/aromatic N) is 1. The van der Waals surface area contributed by atoms with E-state index in [0.29, 0.717) is 6.04 Å². The van der Waals surface area contributed by atoms with Crippen molar-refractivity contribution in [1.82, 2.24) is 10.3 Å². The lowest BCUT2D eigenvalue weighted by molar-refractivity contribution is 0.0657. The Morgan fingerprint density at radius 2 is 2.05 bits per heavy atom. The first-order chi connectivity index (χ1) is 10.0. The van der Waals surface area contributed by atoms with E-state index < -0.39 is 0 Å². The monoisotopic (exact) mass is 282 g/mol. The van der Waals surface area contributed by atoms with Gasteiger partial charge in [0, 0.05) is 36.5 Å². The topological polar surface area (TPSA) is 34.1 Å². The Bertz CT molecular complexity index is 619. The lowest BCUT2D eigenvalue weighted by Gasteiger charge is -2.38. The molecule has 1 atom stereocenters. The van der Waals surface area contributed by atoms with E-state index in [-0.39, 0.29) is 5.60 Å². The standard InChI is InChI=1S/C18H22N2O/c1-13-8-9-14(11-19-13)12-20-16-10-18(2,3)21-17-7-5-4-6-15(16)17/h4-9,11,16,20H,10,12H2,1-3H3. The predicted octanol–water partition coefficient (Wildman–Crippen LogP) is 3.78. The minimum atomic E-state index is -0.141. The molecular formula is C18H22N2O. The first-order valence-electron chi connectivity index (χ1n) is 7.46. The summed E-state index contributed by atoms with van der Waals surface area (Å²) in [6, 6.07) is 12.8. The summed E-state index contributed by atoms with van der Waals surface area (Å²) in [6.45, 7) is 7.12. The number of rotatable bonds is 3. The van der Waals surface area contributed by atoms with Crippen LogP contribution in [0, 0.1) is 6.92 Å². The molecule has 1 aliphatic heterocycles. The maximum absolute atomic E-state index is 6.06. The highest BCUT2D eigenvalue weighted by atomic mass is 16.5. The molecule has 110 valence electrons. The van der Waals surface area contributed by atoms with Gasteiger partial charge in [0.2, 0.25) is 0 Å². The van der Waals surface area contributed by atoms with E-state index in [1.165, 1.54) is 11.1 Å². The maximum atomic E-state index is 6.06. The highest BCUT2D eigenvalue weighted by molar-refractivity contribution is 5.38. The summed E-state index contributed by atoms with van der Waals surface area (Å²) in [7, 11) is 0. The molecule has 0 aliphatic carbocycles. The Kier molecular flexibility index (Phi) is 3.68. The number of aromatic nitrogens is 1. The second kappa shape index (κ2) is 5.49. The van der Waals surface area contributed by atoms with E-state index in [1.807, 2.05) is 19.2 Å². The summed E-state index contributed by atoms with van der Waals surface area (Å²) in [5.74, 6) is 0.994. The SMILES string of the molecule is Cc1ccc(CNC2CC(C)(C)Oc3ccccc32)cn1. The second-order valence-electron chi connectivity index (χ2n) is 6.35. The normalized spacial score (nSPS) is 19.7. The van der Waals surface area contributed by atoms with Crippen molar-refractivity contribution >= 4 is 0 Å². The summed E-state index contributed by atoms with van der Waals surface area (Å²) in [5, 5.41) is 3.65. The Morgan fingerprint density at radius 1 is 1.24 bits per heavy atom. The van der Waals surface area contributed by atoms with Crippen LogP contribution in [0.5, 0.6) is 5.75 Å². The molecule has 3 nitrogen and oxygen atoms in total. The molecule has 0 spiro atoms. The fraction of sp³-hybridized carbons (Fsp3) is 0.389. The first-order valence-corrected chi connectivity index (χ1v) is 7.46. The van der Waals surface area contributed by atoms with Gasteiger partial charge >= 0.3 is 0 Å². The van der Waals surface area contributed by atoms with Gasteiger partial charge in [0.05, 0.1) is 0 Å². The molecule has 0 amide bonds. The minimum Gasteiger partial charge on any atom is -0.487 e. The van der Waals surface area contributed by atoms with Crippen LogP contribution in [0.3, 0.4) is 0 Å². The molecular weight excluding hydrogens is 260 g/mol. The minimum absolute atomic E-state index is 0.141. The van der Waals surface area contributed by atoms with E-state index in [9.17, 15) is 0 Å². The molecule has 21 heavy (non-hydrogen) atoms. The number of ether oxygens (including phenoxy) is 1. The van der Waals surface area contributed by atoms with Crippen LogP contribution in [0.4, 0.5) is 0 Å². The van der Waals surface area contributed by atoms with Crippen molar-refractivity contribution in [1.29, 1.82) is 0 Å². The summed E-state index contributed by atoms with van der Waals surface area (Å²) in [6.07, 6.45) is 2.90. The third-order valence-electron chi connectivity index (χ3n) is 3.90. The van der Waals surface area contributed by atoms with Crippen LogP contribution >= 0.6 is 0 Å². The molecule has 1 N–H and O–H groups in total. The number of para-hydroxylation sites is 1. The lowest BCUT2D eigenvalue weighted by atomic mass is 9.89. The third-order valence-corrected chi connectivity index (χ3v) is 3.90. The number of aryl methyl sites for hydroxylation is 1. The van der Waals surface area contributed by atoms with Gasteiger partial charge < -0.3 is 10.1 Å². The van der Waals surface area contributed by atoms with Gasteiger partial charge in [-0.3, -0.25) is 4.98 Å². The van der Waals surface area contributed by atoms with Crippen molar-refractivity contribution < 1.29 is 4.74 Å². The van der Waals surface area contributed by atoms with E-state index in [2.05, 4.69) is 54.5 Å². The van der Waals surface area contributed by atoms with Crippen LogP contribution in [0.25, 0.3) is 0 Å². The van der Waals surface area contributed by atoms with Crippen molar-refractivity contribution in [3.05, 3.63) is 59.4 Å². The smallest absolute Gasteiger partial charge is 0.124 e. The van der Waals surface area contributed by atoms with Gasteiger partial charge in [-0.1, -0.05) is 24.3 Å². The van der Waals surface area contributed by atoms with Gasteiger partial charge in [0.1, 0.15) is 11.4 Å². The largest absolute Gasteiger partial charge is 0.487 e. The van der Waals surface area contributed by atoms with Crippen molar-refractivity contribution in [3.63, 3.8) is 0 Å². The molecule has 1 aromatic heterocycles. The number of benzene rings is 1. The highest BCUT2D eigenvalue weighted by Gasteiger charge is 2.33. The van der Waals surface area contributed by atoms with Gasteiger partial charge in [-0.2, -0.15) is 0 Å². The van der Waals surface area contributed by atoms with Crippen molar-refractivity contribution in [2.24, 2.45) is 0 Å². The van der Waals surface area contributed by atoms with Crippen LogP contribution in [-0.2, 0) is 6.54 Å². The van der Waals surface area contributed by atoms with E-state index >= 15 is 0 Å². The van der Waals surface area contributed by atoms with E-state index in [4.69, 9.17) is 4.74 Å². The zero-order valence-electron chi connectivity index (χ0n) is 12.9. The summed E-state index contributed by atoms with van der Waals surface area (Å²) < 4.78 is 6.06. The van der Waals surface area contributed by atoms with Crippen LogP contribution < -0.4 is 10.1 Å². The van der Waals surface area contributed by atoms with Crippen LogP contribution in [0.2, 0.25) is 0 Å². The van der Waals surface area contributed by atoms with Crippen molar-refractivity contribution in [2.75, 3.05) is 0 Å². The zero-order valence-corrected chi connectivity index (χ0v) is 12.9. The molecule has 0 bridgehead atoms. The molecule has 0 radical (unpaired) electrons. The van der Waals surface area contributed by atoms with Crippen LogP contribution in [0.15, 0.2) is 42.6 Å². The molecule has 1 unspecified atom stereocenters.